The van der Waals surface area contributed by atoms with Crippen molar-refractivity contribution in [3.8, 4) is 0 Å². The Morgan fingerprint density at radius 3 is 2.29 bits per heavy atom. The summed E-state index contributed by atoms with van der Waals surface area (Å²) in [5.41, 5.74) is 0. The van der Waals surface area contributed by atoms with E-state index in [9.17, 15) is 4.79 Å². The average Bonchev–Trinajstić information content (AvgIpc) is 2.33. The summed E-state index contributed by atoms with van der Waals surface area (Å²) < 4.78 is 0. The van der Waals surface area contributed by atoms with E-state index in [0.29, 0.717) is 23.5 Å². The molecule has 3 nitrogen and oxygen atoms in total. The molecule has 0 aromatic rings. The largest absolute Gasteiger partial charge is 0.335 e. The zero-order chi connectivity index (χ0) is 11.8. The van der Waals surface area contributed by atoms with Gasteiger partial charge in [0.25, 0.3) is 0 Å². The molecule has 0 aromatic carbocycles. The highest BCUT2D eigenvalue weighted by molar-refractivity contribution is 6.20. The maximum absolute atomic E-state index is 12.2. The molecule has 2 aliphatic heterocycles. The second-order valence-corrected chi connectivity index (χ2v) is 6.40. The monoisotopic (exact) mass is 256 g/mol. The van der Waals surface area contributed by atoms with E-state index in [1.807, 2.05) is 0 Å². The fraction of sp³-hybridized carbons (Fsp3) is 0.923. The first-order chi connectivity index (χ1) is 8.24. The van der Waals surface area contributed by atoms with Gasteiger partial charge < -0.3 is 10.2 Å². The molecule has 4 heteroatoms. The normalized spacial score (nSPS) is 40.6. The molecule has 0 aromatic heterocycles. The van der Waals surface area contributed by atoms with E-state index >= 15 is 0 Å². The molecule has 1 saturated carbocycles. The number of hydrogen-bond acceptors (Lipinski definition) is 1. The maximum atomic E-state index is 12.2. The van der Waals surface area contributed by atoms with Crippen LogP contribution in [0.25, 0.3) is 0 Å². The van der Waals surface area contributed by atoms with Crippen LogP contribution in [0.5, 0.6) is 0 Å². The van der Waals surface area contributed by atoms with Crippen LogP contribution >= 0.6 is 11.6 Å². The van der Waals surface area contributed by atoms with Gasteiger partial charge in [0.15, 0.2) is 0 Å². The van der Waals surface area contributed by atoms with Crippen molar-refractivity contribution in [2.45, 2.75) is 74.9 Å². The van der Waals surface area contributed by atoms with Crippen LogP contribution in [-0.4, -0.2) is 34.4 Å². The van der Waals surface area contributed by atoms with Crippen molar-refractivity contribution in [3.63, 3.8) is 0 Å². The zero-order valence-electron chi connectivity index (χ0n) is 10.2. The first-order valence-electron chi connectivity index (χ1n) is 6.97. The average molecular weight is 257 g/mol. The Morgan fingerprint density at radius 2 is 1.71 bits per heavy atom. The van der Waals surface area contributed by atoms with Gasteiger partial charge in [-0.15, -0.1) is 11.6 Å². The molecule has 2 unspecified atom stereocenters. The summed E-state index contributed by atoms with van der Waals surface area (Å²) in [5.74, 6) is 0. The molecule has 1 N–H and O–H groups in total. The van der Waals surface area contributed by atoms with E-state index in [1.54, 1.807) is 0 Å². The van der Waals surface area contributed by atoms with Crippen LogP contribution in [0, 0.1) is 0 Å². The van der Waals surface area contributed by atoms with Gasteiger partial charge in [0.2, 0.25) is 0 Å². The zero-order valence-corrected chi connectivity index (χ0v) is 11.0. The van der Waals surface area contributed by atoms with Crippen molar-refractivity contribution in [2.75, 3.05) is 0 Å². The highest BCUT2D eigenvalue weighted by atomic mass is 35.5. The minimum atomic E-state index is 0.184. The quantitative estimate of drug-likeness (QED) is 0.719. The third-order valence-electron chi connectivity index (χ3n) is 4.62. The van der Waals surface area contributed by atoms with E-state index in [-0.39, 0.29) is 6.03 Å². The Kier molecular flexibility index (Phi) is 3.20. The fourth-order valence-electron chi connectivity index (χ4n) is 3.58. The summed E-state index contributed by atoms with van der Waals surface area (Å²) in [6.07, 6.45) is 9.12. The van der Waals surface area contributed by atoms with Gasteiger partial charge >= 0.3 is 6.03 Å². The molecular weight excluding hydrogens is 236 g/mol. The second kappa shape index (κ2) is 4.68. The predicted molar refractivity (Wildman–Crippen MR) is 68.3 cm³/mol. The van der Waals surface area contributed by atoms with Gasteiger partial charge in [-0.3, -0.25) is 0 Å². The van der Waals surface area contributed by atoms with Gasteiger partial charge in [0.1, 0.15) is 0 Å². The van der Waals surface area contributed by atoms with Gasteiger partial charge in [-0.25, -0.2) is 4.79 Å². The van der Waals surface area contributed by atoms with Crippen LogP contribution in [0.3, 0.4) is 0 Å². The molecule has 17 heavy (non-hydrogen) atoms. The lowest BCUT2D eigenvalue weighted by atomic mass is 9.80. The molecule has 2 heterocycles. The van der Waals surface area contributed by atoms with Gasteiger partial charge in [-0.2, -0.15) is 0 Å². The molecule has 2 bridgehead atoms. The Balaban J connectivity index is 1.50. The Labute approximate surface area is 108 Å². The van der Waals surface area contributed by atoms with E-state index in [1.165, 1.54) is 25.7 Å². The van der Waals surface area contributed by atoms with E-state index in [4.69, 9.17) is 11.6 Å². The summed E-state index contributed by atoms with van der Waals surface area (Å²) in [6.45, 7) is 0. The van der Waals surface area contributed by atoms with Crippen LogP contribution in [0.2, 0.25) is 0 Å². The number of carbonyl (C=O) groups is 1. The minimum Gasteiger partial charge on any atom is -0.335 e. The highest BCUT2D eigenvalue weighted by Gasteiger charge is 2.44. The fourth-order valence-corrected chi connectivity index (χ4v) is 3.83. The number of alkyl halides is 1. The van der Waals surface area contributed by atoms with Crippen LogP contribution in [0.1, 0.15) is 51.4 Å². The Hall–Kier alpha value is -0.440. The van der Waals surface area contributed by atoms with Gasteiger partial charge in [-0.05, 0) is 51.4 Å². The first-order valence-corrected chi connectivity index (χ1v) is 7.40. The highest BCUT2D eigenvalue weighted by Crippen LogP contribution is 2.38. The Morgan fingerprint density at radius 1 is 1.06 bits per heavy atom. The van der Waals surface area contributed by atoms with Gasteiger partial charge in [0.05, 0.1) is 0 Å². The van der Waals surface area contributed by atoms with Crippen molar-refractivity contribution >= 4 is 17.6 Å². The molecule has 0 radical (unpaired) electrons. The maximum Gasteiger partial charge on any atom is 0.318 e. The summed E-state index contributed by atoms with van der Waals surface area (Å²) in [6, 6.07) is 1.62. The van der Waals surface area contributed by atoms with Crippen LogP contribution < -0.4 is 5.32 Å². The topological polar surface area (TPSA) is 32.3 Å². The van der Waals surface area contributed by atoms with Crippen molar-refractivity contribution in [1.29, 1.82) is 0 Å². The van der Waals surface area contributed by atoms with Gasteiger partial charge in [0, 0.05) is 23.5 Å². The molecular formula is C13H21ClN2O. The Bertz CT molecular complexity index is 288. The smallest absolute Gasteiger partial charge is 0.318 e. The molecule has 2 saturated heterocycles. The molecule has 2 atom stereocenters. The molecule has 0 spiro atoms. The number of halogens is 1. The molecule has 3 aliphatic rings. The van der Waals surface area contributed by atoms with E-state index in [0.717, 1.165) is 25.7 Å². The number of rotatable bonds is 1. The van der Waals surface area contributed by atoms with Crippen LogP contribution in [-0.2, 0) is 0 Å². The van der Waals surface area contributed by atoms with Crippen molar-refractivity contribution < 1.29 is 4.79 Å². The number of fused-ring (bicyclic) bond motifs is 2. The van der Waals surface area contributed by atoms with E-state index in [2.05, 4.69) is 10.2 Å². The molecule has 2 amide bonds. The first kappa shape index (κ1) is 11.6. The summed E-state index contributed by atoms with van der Waals surface area (Å²) >= 11 is 6.07. The van der Waals surface area contributed by atoms with Crippen LogP contribution in [0.15, 0.2) is 0 Å². The van der Waals surface area contributed by atoms with Crippen molar-refractivity contribution in [3.05, 3.63) is 0 Å². The summed E-state index contributed by atoms with van der Waals surface area (Å²) in [7, 11) is 0. The van der Waals surface area contributed by atoms with Crippen LogP contribution in [0.4, 0.5) is 4.79 Å². The number of piperidine rings is 1. The van der Waals surface area contributed by atoms with Gasteiger partial charge in [-0.1, -0.05) is 0 Å². The summed E-state index contributed by atoms with van der Waals surface area (Å²) in [5, 5.41) is 3.52. The number of carbonyl (C=O) groups excluding carboxylic acids is 1. The lowest BCUT2D eigenvalue weighted by Crippen LogP contribution is -2.64. The molecule has 3 rings (SSSR count). The lowest BCUT2D eigenvalue weighted by Gasteiger charge is -2.53. The number of urea groups is 1. The predicted octanol–water partition coefficient (Wildman–Crippen LogP) is 2.87. The summed E-state index contributed by atoms with van der Waals surface area (Å²) in [4.78, 5) is 14.3. The second-order valence-electron chi connectivity index (χ2n) is 5.78. The minimum absolute atomic E-state index is 0.184. The standard InChI is InChI=1S/C13H21ClN2O/c14-9-4-6-10(7-5-9)15-13(17)16-11-2-1-3-12(16)8-11/h9-12H,1-8H2,(H,15,17). The third kappa shape index (κ3) is 2.26. The number of hydrogen-bond donors (Lipinski definition) is 1. The lowest BCUT2D eigenvalue weighted by molar-refractivity contribution is 0.00966. The van der Waals surface area contributed by atoms with Crippen molar-refractivity contribution in [2.24, 2.45) is 0 Å². The number of nitrogens with one attached hydrogen (secondary N) is 1. The van der Waals surface area contributed by atoms with Crippen molar-refractivity contribution in [1.82, 2.24) is 10.2 Å². The molecule has 1 aliphatic carbocycles. The molecule has 3 fully saturated rings. The SMILES string of the molecule is O=C(NC1CCC(Cl)CC1)N1C2CCCC1C2. The number of amides is 2. The molecule has 96 valence electrons. The number of nitrogens with zero attached hydrogens (tertiary/aromatic N) is 1. The third-order valence-corrected chi connectivity index (χ3v) is 5.06. The van der Waals surface area contributed by atoms with E-state index < -0.39 is 0 Å².